The van der Waals surface area contributed by atoms with Crippen molar-refractivity contribution >= 4 is 27.7 Å². The molecule has 0 spiro atoms. The molecule has 0 saturated carbocycles. The van der Waals surface area contributed by atoms with Gasteiger partial charge in [-0.25, -0.2) is 8.42 Å². The predicted octanol–water partition coefficient (Wildman–Crippen LogP) is 3.45. The zero-order valence-corrected chi connectivity index (χ0v) is 15.5. The van der Waals surface area contributed by atoms with Gasteiger partial charge in [0, 0.05) is 29.6 Å². The Bertz CT molecular complexity index is 633. The van der Waals surface area contributed by atoms with Crippen LogP contribution in [0.3, 0.4) is 0 Å². The molecule has 6 heteroatoms. The lowest BCUT2D eigenvalue weighted by atomic mass is 10.0. The van der Waals surface area contributed by atoms with Crippen LogP contribution in [-0.2, 0) is 10.0 Å². The Balaban J connectivity index is 2.00. The summed E-state index contributed by atoms with van der Waals surface area (Å²) in [5.41, 5.74) is 0.820. The molecule has 1 aromatic rings. The van der Waals surface area contributed by atoms with Crippen molar-refractivity contribution < 1.29 is 8.42 Å². The number of nitrogens with zero attached hydrogens (tertiary/aromatic N) is 2. The molecule has 0 bridgehead atoms. The van der Waals surface area contributed by atoms with Crippen molar-refractivity contribution in [3.8, 4) is 0 Å². The van der Waals surface area contributed by atoms with E-state index in [2.05, 4.69) is 18.7 Å². The first-order chi connectivity index (χ1) is 10.8. The molecule has 1 fully saturated rings. The number of hydrogen-bond donors (Lipinski definition) is 0. The van der Waals surface area contributed by atoms with Crippen molar-refractivity contribution in [1.82, 2.24) is 9.21 Å². The average Bonchev–Trinajstić information content (AvgIpc) is 2.53. The molecule has 1 aromatic carbocycles. The summed E-state index contributed by atoms with van der Waals surface area (Å²) in [7, 11) is -1.73. The van der Waals surface area contributed by atoms with Gasteiger partial charge in [-0.2, -0.15) is 4.31 Å². The maximum Gasteiger partial charge on any atom is 0.236 e. The highest BCUT2D eigenvalue weighted by molar-refractivity contribution is 7.92. The number of piperidine rings is 1. The SMILES string of the molecule is CC(C)N1CCC(N(C)S(=O)(=O)/C=C/c2ccc(Cl)cc2)CC1. The van der Waals surface area contributed by atoms with Gasteiger partial charge in [0.1, 0.15) is 0 Å². The summed E-state index contributed by atoms with van der Waals surface area (Å²) < 4.78 is 26.5. The Hall–Kier alpha value is -0.880. The van der Waals surface area contributed by atoms with Crippen molar-refractivity contribution in [2.24, 2.45) is 0 Å². The van der Waals surface area contributed by atoms with E-state index in [4.69, 9.17) is 11.6 Å². The zero-order valence-electron chi connectivity index (χ0n) is 13.9. The molecule has 0 N–H and O–H groups in total. The number of likely N-dealkylation sites (tertiary alicyclic amines) is 1. The number of hydrogen-bond acceptors (Lipinski definition) is 3. The van der Waals surface area contributed by atoms with Gasteiger partial charge in [0.2, 0.25) is 10.0 Å². The highest BCUT2D eigenvalue weighted by Crippen LogP contribution is 2.20. The van der Waals surface area contributed by atoms with Gasteiger partial charge in [0.15, 0.2) is 0 Å². The number of sulfonamides is 1. The minimum absolute atomic E-state index is 0.0740. The molecule has 0 aromatic heterocycles. The zero-order chi connectivity index (χ0) is 17.0. The van der Waals surface area contributed by atoms with E-state index >= 15 is 0 Å². The van der Waals surface area contributed by atoms with Crippen LogP contribution in [0.5, 0.6) is 0 Å². The first kappa shape index (κ1) is 18.5. The van der Waals surface area contributed by atoms with Gasteiger partial charge in [-0.15, -0.1) is 0 Å². The predicted molar refractivity (Wildman–Crippen MR) is 96.9 cm³/mol. The van der Waals surface area contributed by atoms with Gasteiger partial charge in [0.05, 0.1) is 0 Å². The maximum absolute atomic E-state index is 12.5. The molecule has 4 nitrogen and oxygen atoms in total. The second-order valence-electron chi connectivity index (χ2n) is 6.28. The van der Waals surface area contributed by atoms with Gasteiger partial charge < -0.3 is 4.90 Å². The van der Waals surface area contributed by atoms with Crippen LogP contribution in [0.2, 0.25) is 5.02 Å². The van der Waals surface area contributed by atoms with Crippen LogP contribution in [0.15, 0.2) is 29.7 Å². The van der Waals surface area contributed by atoms with Crippen LogP contribution in [0.4, 0.5) is 0 Å². The summed E-state index contributed by atoms with van der Waals surface area (Å²) in [6.45, 7) is 6.25. The molecule has 23 heavy (non-hydrogen) atoms. The Kier molecular flexibility index (Phi) is 6.26. The lowest BCUT2D eigenvalue weighted by Crippen LogP contribution is -2.46. The second-order valence-corrected chi connectivity index (χ2v) is 8.59. The minimum atomic E-state index is -3.40. The Morgan fingerprint density at radius 3 is 2.30 bits per heavy atom. The summed E-state index contributed by atoms with van der Waals surface area (Å²) in [4.78, 5) is 2.39. The molecular weight excluding hydrogens is 332 g/mol. The first-order valence-electron chi connectivity index (χ1n) is 7.95. The monoisotopic (exact) mass is 356 g/mol. The molecule has 1 heterocycles. The molecule has 0 amide bonds. The van der Waals surface area contributed by atoms with Crippen molar-refractivity contribution in [3.05, 3.63) is 40.3 Å². The van der Waals surface area contributed by atoms with Gasteiger partial charge in [0.25, 0.3) is 0 Å². The summed E-state index contributed by atoms with van der Waals surface area (Å²) >= 11 is 5.83. The number of halogens is 1. The van der Waals surface area contributed by atoms with E-state index in [1.165, 1.54) is 9.71 Å². The number of benzene rings is 1. The smallest absolute Gasteiger partial charge is 0.236 e. The van der Waals surface area contributed by atoms with E-state index in [0.29, 0.717) is 11.1 Å². The lowest BCUT2D eigenvalue weighted by Gasteiger charge is -2.37. The van der Waals surface area contributed by atoms with Crippen LogP contribution < -0.4 is 0 Å². The lowest BCUT2D eigenvalue weighted by molar-refractivity contribution is 0.141. The summed E-state index contributed by atoms with van der Waals surface area (Å²) in [5, 5.41) is 1.92. The highest BCUT2D eigenvalue weighted by atomic mass is 35.5. The molecule has 0 aliphatic carbocycles. The Morgan fingerprint density at radius 1 is 1.22 bits per heavy atom. The van der Waals surface area contributed by atoms with Crippen LogP contribution in [-0.4, -0.2) is 49.8 Å². The third-order valence-corrected chi connectivity index (χ3v) is 6.28. The van der Waals surface area contributed by atoms with Gasteiger partial charge in [-0.05, 0) is 63.6 Å². The first-order valence-corrected chi connectivity index (χ1v) is 9.83. The van der Waals surface area contributed by atoms with E-state index in [1.807, 2.05) is 0 Å². The highest BCUT2D eigenvalue weighted by Gasteiger charge is 2.28. The summed E-state index contributed by atoms with van der Waals surface area (Å²) in [6, 6.07) is 7.69. The molecule has 0 atom stereocenters. The van der Waals surface area contributed by atoms with Crippen LogP contribution in [0.25, 0.3) is 6.08 Å². The van der Waals surface area contributed by atoms with Gasteiger partial charge in [-0.1, -0.05) is 23.7 Å². The summed E-state index contributed by atoms with van der Waals surface area (Å²) in [6.07, 6.45) is 3.37. The van der Waals surface area contributed by atoms with Crippen molar-refractivity contribution in [2.75, 3.05) is 20.1 Å². The molecule has 1 aliphatic heterocycles. The van der Waals surface area contributed by atoms with Crippen LogP contribution in [0.1, 0.15) is 32.3 Å². The topological polar surface area (TPSA) is 40.6 Å². The van der Waals surface area contributed by atoms with E-state index in [1.54, 1.807) is 37.4 Å². The minimum Gasteiger partial charge on any atom is -0.301 e. The van der Waals surface area contributed by atoms with E-state index < -0.39 is 10.0 Å². The Labute approximate surface area is 144 Å². The fourth-order valence-electron chi connectivity index (χ4n) is 2.81. The van der Waals surface area contributed by atoms with Crippen LogP contribution >= 0.6 is 11.6 Å². The van der Waals surface area contributed by atoms with E-state index in [9.17, 15) is 8.42 Å². The van der Waals surface area contributed by atoms with Gasteiger partial charge >= 0.3 is 0 Å². The van der Waals surface area contributed by atoms with Crippen molar-refractivity contribution in [1.29, 1.82) is 0 Å². The third kappa shape index (κ3) is 5.05. The third-order valence-electron chi connectivity index (χ3n) is 4.45. The Morgan fingerprint density at radius 2 is 1.78 bits per heavy atom. The van der Waals surface area contributed by atoms with Crippen molar-refractivity contribution in [2.45, 2.75) is 38.8 Å². The van der Waals surface area contributed by atoms with E-state index in [-0.39, 0.29) is 6.04 Å². The quantitative estimate of drug-likeness (QED) is 0.811. The standard InChI is InChI=1S/C17H25ClN2O2S/c1-14(2)20-11-8-17(9-12-20)19(3)23(21,22)13-10-15-4-6-16(18)7-5-15/h4-7,10,13-14,17H,8-9,11-12H2,1-3H3/b13-10+. The number of rotatable bonds is 5. The average molecular weight is 357 g/mol. The molecule has 0 radical (unpaired) electrons. The fourth-order valence-corrected chi connectivity index (χ4v) is 4.08. The maximum atomic E-state index is 12.5. The molecule has 0 unspecified atom stereocenters. The molecular formula is C17H25ClN2O2S. The second kappa shape index (κ2) is 7.79. The molecule has 1 saturated heterocycles. The fraction of sp³-hybridized carbons (Fsp3) is 0.529. The normalized spacial score (nSPS) is 18.3. The van der Waals surface area contributed by atoms with Crippen LogP contribution in [0, 0.1) is 0 Å². The van der Waals surface area contributed by atoms with Crippen molar-refractivity contribution in [3.63, 3.8) is 0 Å². The largest absolute Gasteiger partial charge is 0.301 e. The molecule has 2 rings (SSSR count). The molecule has 128 valence electrons. The van der Waals surface area contributed by atoms with E-state index in [0.717, 1.165) is 31.5 Å². The van der Waals surface area contributed by atoms with Gasteiger partial charge in [-0.3, -0.25) is 0 Å². The summed E-state index contributed by atoms with van der Waals surface area (Å²) in [5.74, 6) is 0. The molecule has 1 aliphatic rings.